The van der Waals surface area contributed by atoms with Crippen molar-refractivity contribution >= 4 is 0 Å². The fourth-order valence-electron chi connectivity index (χ4n) is 7.18. The highest BCUT2D eigenvalue weighted by molar-refractivity contribution is 4.62. The van der Waals surface area contributed by atoms with Crippen LogP contribution in [0.2, 0.25) is 0 Å². The molecule has 0 unspecified atom stereocenters. The molecule has 0 bridgehead atoms. The first-order chi connectivity index (χ1) is 21.3. The Morgan fingerprint density at radius 3 is 0.651 bits per heavy atom. The third-order valence-electron chi connectivity index (χ3n) is 10.3. The zero-order valence-corrected chi connectivity index (χ0v) is 30.9. The molecule has 1 radical (unpaired) electrons. The topological polar surface area (TPSA) is 0 Å². The lowest BCUT2D eigenvalue weighted by atomic mass is 9.90. The van der Waals surface area contributed by atoms with E-state index in [0.717, 1.165) is 12.3 Å². The van der Waals surface area contributed by atoms with Gasteiger partial charge in [0.25, 0.3) is 0 Å². The Bertz CT molecular complexity index is 415. The Morgan fingerprint density at radius 2 is 0.442 bits per heavy atom. The lowest BCUT2D eigenvalue weighted by Gasteiger charge is -2.16. The maximum Gasteiger partial charge on any atom is -0.0414 e. The molecule has 0 spiro atoms. The van der Waals surface area contributed by atoms with Crippen LogP contribution in [0.25, 0.3) is 0 Å². The van der Waals surface area contributed by atoms with E-state index < -0.39 is 0 Å². The molecule has 0 N–H and O–H groups in total. The van der Waals surface area contributed by atoms with E-state index in [9.17, 15) is 0 Å². The van der Waals surface area contributed by atoms with Crippen LogP contribution in [-0.4, -0.2) is 0 Å². The van der Waals surface area contributed by atoms with Gasteiger partial charge in [-0.25, -0.2) is 0 Å². The predicted molar refractivity (Wildman–Crippen MR) is 200 cm³/mol. The first kappa shape index (κ1) is 43.0. The summed E-state index contributed by atoms with van der Waals surface area (Å²) in [5.74, 6) is 0.995. The number of rotatable bonds is 39. The molecule has 0 aromatic heterocycles. The minimum absolute atomic E-state index is 0.995. The van der Waals surface area contributed by atoms with E-state index >= 15 is 0 Å². The third kappa shape index (κ3) is 38.1. The van der Waals surface area contributed by atoms with E-state index in [1.807, 2.05) is 0 Å². The molecule has 0 heteroatoms. The van der Waals surface area contributed by atoms with Crippen LogP contribution in [0.4, 0.5) is 0 Å². The van der Waals surface area contributed by atoms with Gasteiger partial charge in [-0.1, -0.05) is 271 Å². The van der Waals surface area contributed by atoms with Gasteiger partial charge in [-0.2, -0.15) is 0 Å². The summed E-state index contributed by atoms with van der Waals surface area (Å²) < 4.78 is 0. The summed E-state index contributed by atoms with van der Waals surface area (Å²) >= 11 is 0. The molecule has 0 heterocycles. The largest absolute Gasteiger partial charge is 0.0654 e. The molecule has 0 aromatic carbocycles. The summed E-state index contributed by atoms with van der Waals surface area (Å²) in [5.41, 5.74) is 0. The summed E-state index contributed by atoms with van der Waals surface area (Å²) in [4.78, 5) is 0. The van der Waals surface area contributed by atoms with Gasteiger partial charge in [0.05, 0.1) is 0 Å². The van der Waals surface area contributed by atoms with Gasteiger partial charge >= 0.3 is 0 Å². The van der Waals surface area contributed by atoms with Crippen molar-refractivity contribution < 1.29 is 0 Å². The van der Waals surface area contributed by atoms with Gasteiger partial charge in [-0.05, 0) is 5.92 Å². The van der Waals surface area contributed by atoms with E-state index in [1.54, 1.807) is 0 Å². The SMILES string of the molecule is [CH2]CCCC(CCCCCCCCCCCCCCCCCCC)CCCCCCCCCCCCCCCCCCC. The molecule has 43 heavy (non-hydrogen) atoms. The van der Waals surface area contributed by atoms with Gasteiger partial charge in [0.2, 0.25) is 0 Å². The summed E-state index contributed by atoms with van der Waals surface area (Å²) in [6.07, 6.45) is 57.1. The summed E-state index contributed by atoms with van der Waals surface area (Å²) in [7, 11) is 0. The maximum absolute atomic E-state index is 4.12. The third-order valence-corrected chi connectivity index (χ3v) is 10.3. The Hall–Kier alpha value is 0. The van der Waals surface area contributed by atoms with Crippen molar-refractivity contribution in [1.29, 1.82) is 0 Å². The second kappa shape index (κ2) is 40.0. The number of unbranched alkanes of at least 4 members (excludes halogenated alkanes) is 33. The van der Waals surface area contributed by atoms with Crippen LogP contribution in [-0.2, 0) is 0 Å². The highest BCUT2D eigenvalue weighted by Gasteiger charge is 2.08. The summed E-state index contributed by atoms with van der Waals surface area (Å²) in [6, 6.07) is 0. The van der Waals surface area contributed by atoms with E-state index in [1.165, 1.54) is 244 Å². The fourth-order valence-corrected chi connectivity index (χ4v) is 7.18. The van der Waals surface area contributed by atoms with Crippen LogP contribution in [0.1, 0.15) is 264 Å². The monoisotopic (exact) mass is 604 g/mol. The first-order valence-electron chi connectivity index (χ1n) is 21.1. The molecule has 0 aliphatic heterocycles. The molecule has 0 amide bonds. The quantitative estimate of drug-likeness (QED) is 0.0613. The molecular weight excluding hydrogens is 516 g/mol. The van der Waals surface area contributed by atoms with Crippen molar-refractivity contribution in [2.24, 2.45) is 5.92 Å². The van der Waals surface area contributed by atoms with Crippen LogP contribution in [0.15, 0.2) is 0 Å². The maximum atomic E-state index is 4.12. The van der Waals surface area contributed by atoms with Gasteiger partial charge in [0.1, 0.15) is 0 Å². The predicted octanol–water partition coefficient (Wildman–Crippen LogP) is 16.7. The van der Waals surface area contributed by atoms with E-state index in [-0.39, 0.29) is 0 Å². The zero-order chi connectivity index (χ0) is 31.2. The highest BCUT2D eigenvalue weighted by Crippen LogP contribution is 2.24. The van der Waals surface area contributed by atoms with Crippen LogP contribution >= 0.6 is 0 Å². The first-order valence-corrected chi connectivity index (χ1v) is 21.1. The van der Waals surface area contributed by atoms with Gasteiger partial charge in [-0.3, -0.25) is 0 Å². The normalized spacial score (nSPS) is 11.7. The minimum Gasteiger partial charge on any atom is -0.0654 e. The average Bonchev–Trinajstić information content (AvgIpc) is 3.02. The second-order valence-corrected chi connectivity index (χ2v) is 14.8. The molecule has 0 nitrogen and oxygen atoms in total. The molecule has 0 rings (SSSR count). The molecule has 259 valence electrons. The smallest absolute Gasteiger partial charge is 0.0414 e. The Morgan fingerprint density at radius 1 is 0.256 bits per heavy atom. The molecule has 0 fully saturated rings. The Labute approximate surface area is 276 Å². The fraction of sp³-hybridized carbons (Fsp3) is 0.977. The molecule has 0 saturated heterocycles. The summed E-state index contributed by atoms with van der Waals surface area (Å²) in [6.45, 7) is 8.74. The van der Waals surface area contributed by atoms with Crippen molar-refractivity contribution in [3.05, 3.63) is 6.92 Å². The van der Waals surface area contributed by atoms with Crippen LogP contribution in [0, 0.1) is 12.8 Å². The Balaban J connectivity index is 3.43. The van der Waals surface area contributed by atoms with Gasteiger partial charge < -0.3 is 0 Å². The molecular formula is C43H87. The van der Waals surface area contributed by atoms with Crippen molar-refractivity contribution in [3.63, 3.8) is 0 Å². The van der Waals surface area contributed by atoms with Crippen LogP contribution < -0.4 is 0 Å². The minimum atomic E-state index is 0.995. The van der Waals surface area contributed by atoms with Gasteiger partial charge in [-0.15, -0.1) is 0 Å². The van der Waals surface area contributed by atoms with Crippen LogP contribution in [0.5, 0.6) is 0 Å². The molecule has 0 atom stereocenters. The molecule has 0 aromatic rings. The average molecular weight is 604 g/mol. The molecule has 0 saturated carbocycles. The van der Waals surface area contributed by atoms with Crippen molar-refractivity contribution in [1.82, 2.24) is 0 Å². The van der Waals surface area contributed by atoms with E-state index in [2.05, 4.69) is 20.8 Å². The highest BCUT2D eigenvalue weighted by atomic mass is 14.1. The van der Waals surface area contributed by atoms with Crippen LogP contribution in [0.3, 0.4) is 0 Å². The Kier molecular flexibility index (Phi) is 40.0. The lowest BCUT2D eigenvalue weighted by molar-refractivity contribution is 0.372. The van der Waals surface area contributed by atoms with Crippen molar-refractivity contribution in [2.75, 3.05) is 0 Å². The van der Waals surface area contributed by atoms with E-state index in [4.69, 9.17) is 0 Å². The van der Waals surface area contributed by atoms with Gasteiger partial charge in [0, 0.05) is 0 Å². The van der Waals surface area contributed by atoms with E-state index in [0.29, 0.717) is 0 Å². The second-order valence-electron chi connectivity index (χ2n) is 14.8. The standard InChI is InChI=1S/C43H87/c1-4-7-10-12-14-16-18-20-22-24-26-28-30-32-34-36-38-41-43(40-9-6-3)42-39-37-35-33-31-29-27-25-23-21-19-17-15-13-11-8-5-2/h43H,3-42H2,1-2H3. The summed E-state index contributed by atoms with van der Waals surface area (Å²) in [5, 5.41) is 0. The van der Waals surface area contributed by atoms with Crippen molar-refractivity contribution in [3.8, 4) is 0 Å². The lowest BCUT2D eigenvalue weighted by Crippen LogP contribution is -2.01. The number of hydrogen-bond donors (Lipinski definition) is 0. The van der Waals surface area contributed by atoms with Gasteiger partial charge in [0.15, 0.2) is 0 Å². The molecule has 0 aliphatic rings. The van der Waals surface area contributed by atoms with Crippen molar-refractivity contribution in [2.45, 2.75) is 264 Å². The number of hydrogen-bond acceptors (Lipinski definition) is 0. The molecule has 0 aliphatic carbocycles. The zero-order valence-electron chi connectivity index (χ0n) is 30.9.